The summed E-state index contributed by atoms with van der Waals surface area (Å²) in [6, 6.07) is -1.22. The molecular formula is C43H67NO12. The Morgan fingerprint density at radius 2 is 1.59 bits per heavy atom. The Balaban J connectivity index is 1.77. The molecule has 14 atom stereocenters. The maximum absolute atomic E-state index is 14.2. The number of allylic oxidation sites excluding steroid dienone is 4. The number of carbonyl (C=O) groups excluding carboxylic acids is 4. The molecule has 56 heavy (non-hydrogen) atoms. The standard InChI is InChI=1S/C43H67NO12/c1-10-30-18-24(2)17-25(3)19-36(53-8)39-37(54-9)21-27(5)43(51,56-39)40(48)41(49)44-16-12-11-13-31(44)42(50)55-38(28(6)33(46)23-34(30)47)26(4)20-29-14-15-32(45)35(22-29)52-7/h12,16,18,20,25,27-33,35-39,45-46,51H,10-11,13-15,17,19,21-23H2,1-9H3/b24-18-,26-20+/t25?,27?,28?,29-,30?,31?,32+,33?,35+,36?,37?,38?,39?,43?/m0/s1. The zero-order valence-electron chi connectivity index (χ0n) is 34.8. The number of ether oxygens (including phenoxy) is 5. The first kappa shape index (κ1) is 45.9. The zero-order valence-corrected chi connectivity index (χ0v) is 34.8. The fraction of sp³-hybridized carbons (Fsp3) is 0.767. The van der Waals surface area contributed by atoms with Crippen molar-refractivity contribution in [2.75, 3.05) is 21.3 Å². The van der Waals surface area contributed by atoms with Crippen molar-refractivity contribution in [3.8, 4) is 0 Å². The van der Waals surface area contributed by atoms with Gasteiger partial charge in [-0.15, -0.1) is 0 Å². The molecule has 3 N–H and O–H groups in total. The number of methoxy groups -OCH3 is 3. The Morgan fingerprint density at radius 1 is 0.929 bits per heavy atom. The number of amides is 1. The average Bonchev–Trinajstić information content (AvgIpc) is 3.18. The third-order valence-electron chi connectivity index (χ3n) is 12.6. The summed E-state index contributed by atoms with van der Waals surface area (Å²) >= 11 is 0. The van der Waals surface area contributed by atoms with E-state index in [0.29, 0.717) is 50.5 Å². The molecule has 3 heterocycles. The summed E-state index contributed by atoms with van der Waals surface area (Å²) in [6.07, 6.45) is 5.75. The van der Waals surface area contributed by atoms with E-state index in [-0.39, 0.29) is 43.0 Å². The molecule has 13 nitrogen and oxygen atoms in total. The van der Waals surface area contributed by atoms with Crippen molar-refractivity contribution in [2.45, 2.75) is 160 Å². The van der Waals surface area contributed by atoms with Gasteiger partial charge in [0.1, 0.15) is 24.0 Å². The van der Waals surface area contributed by atoms with Gasteiger partial charge >= 0.3 is 11.9 Å². The molecule has 4 rings (SSSR count). The van der Waals surface area contributed by atoms with Crippen molar-refractivity contribution in [2.24, 2.45) is 29.6 Å². The highest BCUT2D eigenvalue weighted by atomic mass is 16.7. The largest absolute Gasteiger partial charge is 0.456 e. The fourth-order valence-electron chi connectivity index (χ4n) is 9.08. The first-order chi connectivity index (χ1) is 26.5. The lowest BCUT2D eigenvalue weighted by atomic mass is 9.81. The van der Waals surface area contributed by atoms with Crippen LogP contribution in [-0.4, -0.2) is 120 Å². The number of aliphatic hydroxyl groups excluding tert-OH is 2. The molecule has 0 radical (unpaired) electrons. The van der Waals surface area contributed by atoms with Gasteiger partial charge in [-0.1, -0.05) is 51.5 Å². The smallest absolute Gasteiger partial charge is 0.329 e. The summed E-state index contributed by atoms with van der Waals surface area (Å²) in [5.74, 6) is -7.80. The second-order valence-corrected chi connectivity index (χ2v) is 16.8. The van der Waals surface area contributed by atoms with Gasteiger partial charge in [0.2, 0.25) is 5.79 Å². The molecule has 1 saturated carbocycles. The molecule has 0 spiro atoms. The first-order valence-electron chi connectivity index (χ1n) is 20.5. The van der Waals surface area contributed by atoms with Gasteiger partial charge < -0.3 is 39.0 Å². The van der Waals surface area contributed by atoms with Gasteiger partial charge in [0.25, 0.3) is 5.78 Å². The SMILES string of the molecule is CCC1/C=C(/C)CC(C)CC(OC)C2OC(O)(C(=O)C(=O)N3C=CCCC3C(=O)OC(/C(C)=C/[C@@H]3CC[C@@H](O)[C@H](OC)C3)C(C)C(O)CC1=O)C(C)CC2OC. The second-order valence-electron chi connectivity index (χ2n) is 16.8. The Labute approximate surface area is 332 Å². The molecule has 1 amide bonds. The van der Waals surface area contributed by atoms with Crippen LogP contribution < -0.4 is 0 Å². The number of hydrogen-bond donors (Lipinski definition) is 3. The van der Waals surface area contributed by atoms with Gasteiger partial charge in [-0.25, -0.2) is 4.79 Å². The lowest BCUT2D eigenvalue weighted by molar-refractivity contribution is -0.302. The molecule has 2 bridgehead atoms. The number of cyclic esters (lactones) is 1. The number of ketones is 2. The Hall–Kier alpha value is -2.78. The van der Waals surface area contributed by atoms with Gasteiger partial charge in [0.15, 0.2) is 0 Å². The van der Waals surface area contributed by atoms with E-state index in [1.54, 1.807) is 34.0 Å². The zero-order chi connectivity index (χ0) is 41.5. The fourth-order valence-corrected chi connectivity index (χ4v) is 9.08. The second kappa shape index (κ2) is 20.3. The highest BCUT2D eigenvalue weighted by Crippen LogP contribution is 2.39. The molecule has 13 heteroatoms. The van der Waals surface area contributed by atoms with Crippen LogP contribution in [0.25, 0.3) is 0 Å². The van der Waals surface area contributed by atoms with Crippen LogP contribution in [0.15, 0.2) is 35.6 Å². The van der Waals surface area contributed by atoms with Crippen molar-refractivity contribution in [1.82, 2.24) is 4.90 Å². The molecule has 3 aliphatic heterocycles. The van der Waals surface area contributed by atoms with Crippen LogP contribution in [0.3, 0.4) is 0 Å². The minimum atomic E-state index is -2.53. The first-order valence-corrected chi connectivity index (χ1v) is 20.5. The van der Waals surface area contributed by atoms with Crippen LogP contribution in [0.5, 0.6) is 0 Å². The summed E-state index contributed by atoms with van der Waals surface area (Å²) in [4.78, 5) is 57.3. The lowest BCUT2D eigenvalue weighted by Gasteiger charge is -2.46. The lowest BCUT2D eigenvalue weighted by Crippen LogP contribution is -2.64. The number of esters is 1. The van der Waals surface area contributed by atoms with E-state index >= 15 is 0 Å². The van der Waals surface area contributed by atoms with E-state index in [4.69, 9.17) is 23.7 Å². The summed E-state index contributed by atoms with van der Waals surface area (Å²) in [7, 11) is 4.60. The van der Waals surface area contributed by atoms with Crippen LogP contribution in [0, 0.1) is 29.6 Å². The van der Waals surface area contributed by atoms with Gasteiger partial charge in [-0.05, 0) is 89.0 Å². The van der Waals surface area contributed by atoms with Crippen molar-refractivity contribution >= 4 is 23.4 Å². The number of aliphatic hydroxyl groups is 3. The van der Waals surface area contributed by atoms with Gasteiger partial charge in [0.05, 0.1) is 30.5 Å². The summed E-state index contributed by atoms with van der Waals surface area (Å²) < 4.78 is 29.6. The highest BCUT2D eigenvalue weighted by molar-refractivity contribution is 6.39. The monoisotopic (exact) mass is 789 g/mol. The number of nitrogens with zero attached hydrogens (tertiary/aromatic N) is 1. The molecule has 316 valence electrons. The molecule has 1 saturated heterocycles. The minimum Gasteiger partial charge on any atom is -0.456 e. The van der Waals surface area contributed by atoms with E-state index in [1.165, 1.54) is 20.4 Å². The maximum Gasteiger partial charge on any atom is 0.329 e. The number of carbonyl (C=O) groups is 4. The highest BCUT2D eigenvalue weighted by Gasteiger charge is 2.56. The molecule has 0 aromatic carbocycles. The van der Waals surface area contributed by atoms with Crippen molar-refractivity contribution in [3.63, 3.8) is 0 Å². The van der Waals surface area contributed by atoms with E-state index in [1.807, 2.05) is 32.9 Å². The normalized spacial score (nSPS) is 41.3. The topological polar surface area (TPSA) is 178 Å². The molecule has 11 unspecified atom stereocenters. The molecule has 4 aliphatic rings. The van der Waals surface area contributed by atoms with Gasteiger partial charge in [-0.3, -0.25) is 19.3 Å². The van der Waals surface area contributed by atoms with E-state index < -0.39 is 83.9 Å². The maximum atomic E-state index is 14.2. The van der Waals surface area contributed by atoms with E-state index in [0.717, 1.165) is 10.5 Å². The number of fused-ring (bicyclic) bond motifs is 3. The van der Waals surface area contributed by atoms with Crippen LogP contribution in [-0.2, 0) is 42.9 Å². The molecule has 0 aromatic heterocycles. The molecule has 2 fully saturated rings. The molecule has 0 aromatic rings. The molecule has 1 aliphatic carbocycles. The molecular weight excluding hydrogens is 722 g/mol. The number of rotatable bonds is 6. The third-order valence-corrected chi connectivity index (χ3v) is 12.6. The van der Waals surface area contributed by atoms with E-state index in [2.05, 4.69) is 0 Å². The predicted molar refractivity (Wildman–Crippen MR) is 208 cm³/mol. The third kappa shape index (κ3) is 10.6. The number of Topliss-reactive ketones (excluding diaryl/α,β-unsaturated/α-hetero) is 2. The van der Waals surface area contributed by atoms with Crippen molar-refractivity contribution < 1.29 is 58.2 Å². The quantitative estimate of drug-likeness (QED) is 0.194. The van der Waals surface area contributed by atoms with Gasteiger partial charge in [0, 0.05) is 51.7 Å². The van der Waals surface area contributed by atoms with Gasteiger partial charge in [-0.2, -0.15) is 0 Å². The summed E-state index contributed by atoms with van der Waals surface area (Å²) in [6.45, 7) is 11.1. The Morgan fingerprint density at radius 3 is 2.23 bits per heavy atom. The average molecular weight is 790 g/mol. The van der Waals surface area contributed by atoms with Crippen molar-refractivity contribution in [1.29, 1.82) is 0 Å². The summed E-state index contributed by atoms with van der Waals surface area (Å²) in [5.41, 5.74) is 1.64. The minimum absolute atomic E-state index is 0.0103. The van der Waals surface area contributed by atoms with Crippen molar-refractivity contribution in [3.05, 3.63) is 35.6 Å². The summed E-state index contributed by atoms with van der Waals surface area (Å²) in [5, 5.41) is 34.0. The van der Waals surface area contributed by atoms with E-state index in [9.17, 15) is 34.5 Å². The van der Waals surface area contributed by atoms with Crippen LogP contribution in [0.2, 0.25) is 0 Å². The Bertz CT molecular complexity index is 1480. The van der Waals surface area contributed by atoms with Crippen LogP contribution >= 0.6 is 0 Å². The number of hydrogen-bond acceptors (Lipinski definition) is 12. The predicted octanol–water partition coefficient (Wildman–Crippen LogP) is 4.60. The Kier molecular flexibility index (Phi) is 16.6. The van der Waals surface area contributed by atoms with Crippen LogP contribution in [0.1, 0.15) is 106 Å². The van der Waals surface area contributed by atoms with Crippen LogP contribution in [0.4, 0.5) is 0 Å².